The van der Waals surface area contributed by atoms with Gasteiger partial charge in [0.05, 0.1) is 0 Å². The summed E-state index contributed by atoms with van der Waals surface area (Å²) >= 11 is 18.0. The van der Waals surface area contributed by atoms with Crippen molar-refractivity contribution < 1.29 is 4.74 Å². The first kappa shape index (κ1) is 20.0. The molecular formula is C22H20Cl3NO. The molecule has 140 valence electrons. The maximum absolute atomic E-state index is 6.19. The quantitative estimate of drug-likeness (QED) is 0.417. The third kappa shape index (κ3) is 6.44. The molecule has 0 radical (unpaired) electrons. The van der Waals surface area contributed by atoms with Crippen LogP contribution in [-0.2, 0) is 19.6 Å². The topological polar surface area (TPSA) is 21.3 Å². The number of hydrogen-bond donors (Lipinski definition) is 1. The fourth-order valence-corrected chi connectivity index (χ4v) is 3.26. The highest BCUT2D eigenvalue weighted by molar-refractivity contribution is 6.35. The van der Waals surface area contributed by atoms with E-state index >= 15 is 0 Å². The van der Waals surface area contributed by atoms with E-state index in [1.54, 1.807) is 6.07 Å². The first-order chi connectivity index (χ1) is 13.1. The first-order valence-corrected chi connectivity index (χ1v) is 9.84. The molecule has 0 aliphatic rings. The van der Waals surface area contributed by atoms with Crippen molar-refractivity contribution in [2.75, 3.05) is 6.54 Å². The highest BCUT2D eigenvalue weighted by Gasteiger charge is 2.02. The second kappa shape index (κ2) is 10.0. The zero-order chi connectivity index (χ0) is 19.1. The molecule has 1 N–H and O–H groups in total. The zero-order valence-electron chi connectivity index (χ0n) is 14.7. The maximum Gasteiger partial charge on any atom is 0.119 e. The Hall–Kier alpha value is -1.71. The van der Waals surface area contributed by atoms with Crippen molar-refractivity contribution in [3.8, 4) is 5.75 Å². The van der Waals surface area contributed by atoms with Gasteiger partial charge < -0.3 is 10.1 Å². The maximum atomic E-state index is 6.19. The monoisotopic (exact) mass is 419 g/mol. The van der Waals surface area contributed by atoms with Crippen LogP contribution in [0.5, 0.6) is 5.75 Å². The molecule has 0 saturated heterocycles. The normalized spacial score (nSPS) is 10.8. The molecule has 0 fully saturated rings. The van der Waals surface area contributed by atoms with Gasteiger partial charge in [-0.3, -0.25) is 0 Å². The molecule has 0 amide bonds. The number of halogens is 3. The van der Waals surface area contributed by atoms with E-state index in [1.165, 1.54) is 5.56 Å². The van der Waals surface area contributed by atoms with Crippen molar-refractivity contribution in [3.05, 3.63) is 98.5 Å². The van der Waals surface area contributed by atoms with E-state index in [0.29, 0.717) is 16.7 Å². The molecule has 0 atom stereocenters. The predicted octanol–water partition coefficient (Wildman–Crippen LogP) is 6.56. The van der Waals surface area contributed by atoms with Crippen LogP contribution >= 0.6 is 34.8 Å². The van der Waals surface area contributed by atoms with Gasteiger partial charge in [0.15, 0.2) is 0 Å². The fourth-order valence-electron chi connectivity index (χ4n) is 2.63. The van der Waals surface area contributed by atoms with Crippen LogP contribution in [-0.4, -0.2) is 6.54 Å². The van der Waals surface area contributed by atoms with E-state index in [1.807, 2.05) is 48.5 Å². The van der Waals surface area contributed by atoms with E-state index in [9.17, 15) is 0 Å². The van der Waals surface area contributed by atoms with Crippen LogP contribution in [0.25, 0.3) is 0 Å². The average molecular weight is 421 g/mol. The summed E-state index contributed by atoms with van der Waals surface area (Å²) in [7, 11) is 0. The van der Waals surface area contributed by atoms with E-state index in [-0.39, 0.29) is 0 Å². The van der Waals surface area contributed by atoms with Crippen molar-refractivity contribution in [1.29, 1.82) is 0 Å². The lowest BCUT2D eigenvalue weighted by Crippen LogP contribution is -2.16. The zero-order valence-corrected chi connectivity index (χ0v) is 17.0. The minimum atomic E-state index is 0.524. The van der Waals surface area contributed by atoms with Gasteiger partial charge in [-0.05, 0) is 66.1 Å². The lowest BCUT2D eigenvalue weighted by atomic mass is 10.1. The molecule has 0 heterocycles. The highest BCUT2D eigenvalue weighted by Crippen LogP contribution is 2.21. The van der Waals surface area contributed by atoms with E-state index in [4.69, 9.17) is 39.5 Å². The third-order valence-electron chi connectivity index (χ3n) is 4.16. The molecule has 27 heavy (non-hydrogen) atoms. The van der Waals surface area contributed by atoms with Gasteiger partial charge in [0, 0.05) is 21.6 Å². The lowest BCUT2D eigenvalue weighted by Gasteiger charge is -2.09. The molecule has 3 aromatic rings. The second-order valence-corrected chi connectivity index (χ2v) is 7.50. The summed E-state index contributed by atoms with van der Waals surface area (Å²) < 4.78 is 5.80. The molecule has 0 unspecified atom stereocenters. The number of ether oxygens (including phenoxy) is 1. The average Bonchev–Trinajstić information content (AvgIpc) is 2.67. The smallest absolute Gasteiger partial charge is 0.119 e. The second-order valence-electron chi connectivity index (χ2n) is 6.22. The molecule has 5 heteroatoms. The summed E-state index contributed by atoms with van der Waals surface area (Å²) in [5.74, 6) is 0.849. The Labute approximate surface area is 175 Å². The Morgan fingerprint density at radius 2 is 1.41 bits per heavy atom. The van der Waals surface area contributed by atoms with E-state index in [2.05, 4.69) is 17.4 Å². The lowest BCUT2D eigenvalue weighted by molar-refractivity contribution is 0.306. The van der Waals surface area contributed by atoms with E-state index < -0.39 is 0 Å². The Kier molecular flexibility index (Phi) is 7.42. The van der Waals surface area contributed by atoms with Crippen molar-refractivity contribution in [3.63, 3.8) is 0 Å². The van der Waals surface area contributed by atoms with Crippen LogP contribution in [0.4, 0.5) is 0 Å². The van der Waals surface area contributed by atoms with Crippen LogP contribution in [0.3, 0.4) is 0 Å². The van der Waals surface area contributed by atoms with Crippen LogP contribution in [0.15, 0.2) is 66.7 Å². The van der Waals surface area contributed by atoms with Crippen LogP contribution in [0.1, 0.15) is 16.7 Å². The van der Waals surface area contributed by atoms with Gasteiger partial charge in [0.1, 0.15) is 12.4 Å². The molecule has 0 aromatic heterocycles. The number of benzene rings is 3. The van der Waals surface area contributed by atoms with Crippen molar-refractivity contribution in [2.45, 2.75) is 19.6 Å². The van der Waals surface area contributed by atoms with Gasteiger partial charge in [-0.25, -0.2) is 0 Å². The SMILES string of the molecule is Clc1ccc(COc2ccc(CNCCc3ccc(Cl)cc3Cl)cc2)cc1. The molecule has 0 aliphatic carbocycles. The van der Waals surface area contributed by atoms with Crippen LogP contribution in [0.2, 0.25) is 15.1 Å². The van der Waals surface area contributed by atoms with Gasteiger partial charge in [-0.1, -0.05) is 65.1 Å². The highest BCUT2D eigenvalue weighted by atomic mass is 35.5. The van der Waals surface area contributed by atoms with Gasteiger partial charge >= 0.3 is 0 Å². The summed E-state index contributed by atoms with van der Waals surface area (Å²) in [6.07, 6.45) is 0.859. The Morgan fingerprint density at radius 3 is 2.11 bits per heavy atom. The minimum Gasteiger partial charge on any atom is -0.489 e. The molecule has 2 nitrogen and oxygen atoms in total. The Bertz CT molecular complexity index is 864. The van der Waals surface area contributed by atoms with Crippen LogP contribution in [0, 0.1) is 0 Å². The van der Waals surface area contributed by atoms with E-state index in [0.717, 1.165) is 41.4 Å². The third-order valence-corrected chi connectivity index (χ3v) is 5.00. The predicted molar refractivity (Wildman–Crippen MR) is 114 cm³/mol. The Balaban J connectivity index is 1.41. The van der Waals surface area contributed by atoms with Crippen molar-refractivity contribution >= 4 is 34.8 Å². The van der Waals surface area contributed by atoms with Crippen molar-refractivity contribution in [1.82, 2.24) is 5.32 Å². The molecule has 3 rings (SSSR count). The van der Waals surface area contributed by atoms with Crippen molar-refractivity contribution in [2.24, 2.45) is 0 Å². The molecule has 0 saturated carbocycles. The van der Waals surface area contributed by atoms with Gasteiger partial charge in [-0.2, -0.15) is 0 Å². The number of rotatable bonds is 8. The summed E-state index contributed by atoms with van der Waals surface area (Å²) in [4.78, 5) is 0. The number of hydrogen-bond acceptors (Lipinski definition) is 2. The summed E-state index contributed by atoms with van der Waals surface area (Å²) in [6.45, 7) is 2.16. The van der Waals surface area contributed by atoms with Gasteiger partial charge in [-0.15, -0.1) is 0 Å². The summed E-state index contributed by atoms with van der Waals surface area (Å²) in [5.41, 5.74) is 3.39. The fraction of sp³-hybridized carbons (Fsp3) is 0.182. The summed E-state index contributed by atoms with van der Waals surface area (Å²) in [6, 6.07) is 21.4. The Morgan fingerprint density at radius 1 is 0.741 bits per heavy atom. The molecule has 0 bridgehead atoms. The first-order valence-electron chi connectivity index (χ1n) is 8.71. The molecular weight excluding hydrogens is 401 g/mol. The largest absolute Gasteiger partial charge is 0.489 e. The van der Waals surface area contributed by atoms with Crippen LogP contribution < -0.4 is 10.1 Å². The molecule has 0 spiro atoms. The van der Waals surface area contributed by atoms with Gasteiger partial charge in [0.2, 0.25) is 0 Å². The molecule has 0 aliphatic heterocycles. The number of nitrogens with one attached hydrogen (secondary N) is 1. The molecule has 3 aromatic carbocycles. The standard InChI is InChI=1S/C22H20Cl3NO/c23-19-6-1-17(2-7-19)15-27-21-9-3-16(4-10-21)14-26-12-11-18-5-8-20(24)13-22(18)25/h1-10,13,26H,11-12,14-15H2. The summed E-state index contributed by atoms with van der Waals surface area (Å²) in [5, 5.41) is 5.54. The minimum absolute atomic E-state index is 0.524. The van der Waals surface area contributed by atoms with Gasteiger partial charge in [0.25, 0.3) is 0 Å².